The summed E-state index contributed by atoms with van der Waals surface area (Å²) in [5.74, 6) is -5.17. The van der Waals surface area contributed by atoms with E-state index < -0.39 is 33.9 Å². The molecule has 0 atom stereocenters. The average molecular weight is 300 g/mol. The van der Waals surface area contributed by atoms with Crippen LogP contribution in [0.1, 0.15) is 5.56 Å². The summed E-state index contributed by atoms with van der Waals surface area (Å²) in [7, 11) is 0. The number of nitro benzene ring substituents is 1. The molecular formula is C13H8F4N2O2. The third kappa shape index (κ3) is 3.28. The van der Waals surface area contributed by atoms with E-state index in [1.165, 1.54) is 0 Å². The van der Waals surface area contributed by atoms with Crippen molar-refractivity contribution in [3.05, 3.63) is 69.3 Å². The van der Waals surface area contributed by atoms with E-state index in [0.29, 0.717) is 6.07 Å². The maximum Gasteiger partial charge on any atom is 0.272 e. The maximum atomic E-state index is 13.6. The molecule has 2 rings (SSSR count). The number of nitrogens with one attached hydrogen (secondary N) is 1. The summed E-state index contributed by atoms with van der Waals surface area (Å²) in [6, 6.07) is 4.47. The molecule has 1 N–H and O–H groups in total. The first-order valence-electron chi connectivity index (χ1n) is 5.69. The molecule has 110 valence electrons. The molecule has 0 aromatic heterocycles. The molecule has 2 aromatic carbocycles. The Kier molecular flexibility index (Phi) is 4.06. The molecule has 0 radical (unpaired) electrons. The van der Waals surface area contributed by atoms with Crippen LogP contribution in [0.2, 0.25) is 0 Å². The van der Waals surface area contributed by atoms with E-state index in [1.54, 1.807) is 0 Å². The summed E-state index contributed by atoms with van der Waals surface area (Å²) >= 11 is 0. The van der Waals surface area contributed by atoms with Gasteiger partial charge in [0.15, 0.2) is 23.3 Å². The van der Waals surface area contributed by atoms with Crippen LogP contribution in [0.25, 0.3) is 0 Å². The lowest BCUT2D eigenvalue weighted by Crippen LogP contribution is -2.04. The van der Waals surface area contributed by atoms with Crippen LogP contribution in [0, 0.1) is 33.4 Å². The van der Waals surface area contributed by atoms with Crippen LogP contribution < -0.4 is 5.32 Å². The number of rotatable bonds is 4. The molecule has 0 heterocycles. The van der Waals surface area contributed by atoms with E-state index in [4.69, 9.17) is 0 Å². The van der Waals surface area contributed by atoms with Crippen molar-refractivity contribution >= 4 is 11.4 Å². The van der Waals surface area contributed by atoms with Crippen LogP contribution in [-0.4, -0.2) is 4.92 Å². The van der Waals surface area contributed by atoms with Gasteiger partial charge in [0.2, 0.25) is 0 Å². The number of nitrogens with zero attached hydrogens (tertiary/aromatic N) is 1. The lowest BCUT2D eigenvalue weighted by atomic mass is 10.2. The SMILES string of the molecule is O=[N+]([O-])c1ccc(NCc2cc(F)c(F)c(F)c2)c(F)c1. The van der Waals surface area contributed by atoms with Crippen molar-refractivity contribution in [1.29, 1.82) is 0 Å². The van der Waals surface area contributed by atoms with Gasteiger partial charge in [-0.05, 0) is 23.8 Å². The largest absolute Gasteiger partial charge is 0.379 e. The van der Waals surface area contributed by atoms with Gasteiger partial charge in [0.05, 0.1) is 16.7 Å². The van der Waals surface area contributed by atoms with E-state index >= 15 is 0 Å². The number of benzene rings is 2. The van der Waals surface area contributed by atoms with Gasteiger partial charge >= 0.3 is 0 Å². The van der Waals surface area contributed by atoms with Gasteiger partial charge in [-0.3, -0.25) is 10.1 Å². The number of non-ortho nitro benzene ring substituents is 1. The molecule has 0 spiro atoms. The van der Waals surface area contributed by atoms with E-state index in [1.807, 2.05) is 0 Å². The van der Waals surface area contributed by atoms with Gasteiger partial charge in [0, 0.05) is 12.6 Å². The van der Waals surface area contributed by atoms with Gasteiger partial charge < -0.3 is 5.32 Å². The van der Waals surface area contributed by atoms with Crippen molar-refractivity contribution < 1.29 is 22.5 Å². The van der Waals surface area contributed by atoms with E-state index in [9.17, 15) is 27.7 Å². The first-order chi connectivity index (χ1) is 9.88. The van der Waals surface area contributed by atoms with Gasteiger partial charge in [-0.15, -0.1) is 0 Å². The fraction of sp³-hybridized carbons (Fsp3) is 0.0769. The third-order valence-electron chi connectivity index (χ3n) is 2.69. The fourth-order valence-corrected chi connectivity index (χ4v) is 1.67. The fourth-order valence-electron chi connectivity index (χ4n) is 1.67. The van der Waals surface area contributed by atoms with Crippen molar-refractivity contribution in [2.45, 2.75) is 6.54 Å². The van der Waals surface area contributed by atoms with E-state index in [-0.39, 0.29) is 17.8 Å². The summed E-state index contributed by atoms with van der Waals surface area (Å²) in [4.78, 5) is 9.70. The molecular weight excluding hydrogens is 292 g/mol. The molecule has 0 aliphatic rings. The summed E-state index contributed by atoms with van der Waals surface area (Å²) in [5.41, 5.74) is -0.438. The standard InChI is InChI=1S/C13H8F4N2O2/c14-9-5-8(19(20)21)1-2-12(9)18-6-7-3-10(15)13(17)11(16)4-7/h1-5,18H,6H2. The Balaban J connectivity index is 2.15. The van der Waals surface area contributed by atoms with Crippen molar-refractivity contribution in [1.82, 2.24) is 0 Å². The van der Waals surface area contributed by atoms with Crippen molar-refractivity contribution in [3.8, 4) is 0 Å². The maximum absolute atomic E-state index is 13.6. The summed E-state index contributed by atoms with van der Waals surface area (Å²) in [6.07, 6.45) is 0. The van der Waals surface area contributed by atoms with Crippen LogP contribution in [-0.2, 0) is 6.54 Å². The van der Waals surface area contributed by atoms with Crippen LogP contribution in [0.4, 0.5) is 28.9 Å². The molecule has 2 aromatic rings. The quantitative estimate of drug-likeness (QED) is 0.405. The molecule has 0 aliphatic heterocycles. The van der Waals surface area contributed by atoms with Crippen LogP contribution >= 0.6 is 0 Å². The zero-order valence-electron chi connectivity index (χ0n) is 10.4. The van der Waals surface area contributed by atoms with Crippen molar-refractivity contribution in [2.75, 3.05) is 5.32 Å². The second-order valence-electron chi connectivity index (χ2n) is 4.15. The van der Waals surface area contributed by atoms with Gasteiger partial charge in [-0.1, -0.05) is 0 Å². The predicted octanol–water partition coefficient (Wildman–Crippen LogP) is 3.76. The monoisotopic (exact) mass is 300 g/mol. The Morgan fingerprint density at radius 3 is 2.14 bits per heavy atom. The number of anilines is 1. The minimum atomic E-state index is -1.58. The van der Waals surface area contributed by atoms with Gasteiger partial charge in [-0.25, -0.2) is 17.6 Å². The Labute approximate surface area is 116 Å². The summed E-state index contributed by atoms with van der Waals surface area (Å²) in [5, 5.41) is 13.0. The first kappa shape index (κ1) is 14.8. The van der Waals surface area contributed by atoms with Crippen LogP contribution in [0.5, 0.6) is 0 Å². The molecule has 21 heavy (non-hydrogen) atoms. The minimum absolute atomic E-state index is 0.0594. The number of hydrogen-bond donors (Lipinski definition) is 1. The first-order valence-corrected chi connectivity index (χ1v) is 5.69. The van der Waals surface area contributed by atoms with Gasteiger partial charge in [0.1, 0.15) is 0 Å². The predicted molar refractivity (Wildman–Crippen MR) is 66.7 cm³/mol. The topological polar surface area (TPSA) is 55.2 Å². The molecule has 0 saturated carbocycles. The molecule has 4 nitrogen and oxygen atoms in total. The smallest absolute Gasteiger partial charge is 0.272 e. The second kappa shape index (κ2) is 5.78. The molecule has 0 saturated heterocycles. The Morgan fingerprint density at radius 1 is 1.00 bits per heavy atom. The molecule has 0 amide bonds. The average Bonchev–Trinajstić information content (AvgIpc) is 2.43. The van der Waals surface area contributed by atoms with Crippen LogP contribution in [0.15, 0.2) is 30.3 Å². The molecule has 0 unspecified atom stereocenters. The zero-order chi connectivity index (χ0) is 15.6. The van der Waals surface area contributed by atoms with E-state index in [0.717, 1.165) is 24.3 Å². The molecule has 0 bridgehead atoms. The number of halogens is 4. The van der Waals surface area contributed by atoms with Crippen LogP contribution in [0.3, 0.4) is 0 Å². The minimum Gasteiger partial charge on any atom is -0.379 e. The second-order valence-corrected chi connectivity index (χ2v) is 4.15. The molecule has 0 aliphatic carbocycles. The van der Waals surface area contributed by atoms with Gasteiger partial charge in [-0.2, -0.15) is 0 Å². The lowest BCUT2D eigenvalue weighted by Gasteiger charge is -2.08. The summed E-state index contributed by atoms with van der Waals surface area (Å²) < 4.78 is 52.3. The highest BCUT2D eigenvalue weighted by Crippen LogP contribution is 2.21. The highest BCUT2D eigenvalue weighted by Gasteiger charge is 2.12. The highest BCUT2D eigenvalue weighted by molar-refractivity contribution is 5.50. The lowest BCUT2D eigenvalue weighted by molar-refractivity contribution is -0.385. The summed E-state index contributed by atoms with van der Waals surface area (Å²) in [6.45, 7) is -0.178. The molecule has 8 heteroatoms. The van der Waals surface area contributed by atoms with Crippen molar-refractivity contribution in [2.24, 2.45) is 0 Å². The number of hydrogen-bond acceptors (Lipinski definition) is 3. The Hall–Kier alpha value is -2.64. The zero-order valence-corrected chi connectivity index (χ0v) is 10.4. The normalized spacial score (nSPS) is 10.5. The Morgan fingerprint density at radius 2 is 1.62 bits per heavy atom. The number of nitro groups is 1. The van der Waals surface area contributed by atoms with Crippen molar-refractivity contribution in [3.63, 3.8) is 0 Å². The highest BCUT2D eigenvalue weighted by atomic mass is 19.2. The van der Waals surface area contributed by atoms with Gasteiger partial charge in [0.25, 0.3) is 5.69 Å². The third-order valence-corrected chi connectivity index (χ3v) is 2.69. The van der Waals surface area contributed by atoms with E-state index in [2.05, 4.69) is 5.32 Å². The molecule has 0 fully saturated rings. The Bertz CT molecular complexity index is 684.